The monoisotopic (exact) mass is 1030 g/mol. The van der Waals surface area contributed by atoms with Crippen molar-refractivity contribution < 1.29 is 24.3 Å². The molecule has 3 unspecified atom stereocenters. The zero-order valence-corrected chi connectivity index (χ0v) is 44.2. The van der Waals surface area contributed by atoms with Gasteiger partial charge in [-0.25, -0.2) is 15.0 Å². The highest BCUT2D eigenvalue weighted by Gasteiger charge is 2.47. The maximum atomic E-state index is 13.4. The summed E-state index contributed by atoms with van der Waals surface area (Å²) in [5.41, 5.74) is 11.2. The van der Waals surface area contributed by atoms with Crippen LogP contribution < -0.4 is 15.1 Å². The van der Waals surface area contributed by atoms with Crippen molar-refractivity contribution in [1.82, 2.24) is 50.4 Å². The van der Waals surface area contributed by atoms with Crippen LogP contribution in [-0.2, 0) is 22.6 Å². The second kappa shape index (κ2) is 21.5. The number of β-amino-alcohol motifs (C(OH)–C–C–N with tert-alkyl or cyclic N) is 1. The van der Waals surface area contributed by atoms with Gasteiger partial charge in [0.1, 0.15) is 11.7 Å². The molecule has 7 aromatic rings. The minimum Gasteiger partial charge on any atom is -0.507 e. The number of rotatable bonds is 12. The molecule has 18 heteroatoms. The number of aromatic nitrogens is 7. The van der Waals surface area contributed by atoms with E-state index >= 15 is 0 Å². The number of hydrogen-bond acceptors (Lipinski definition) is 15. The number of piperidine rings is 1. The highest BCUT2D eigenvalue weighted by atomic mass is 32.1. The molecule has 1 aliphatic carbocycles. The molecule has 9 heterocycles. The van der Waals surface area contributed by atoms with Crippen molar-refractivity contribution in [3.63, 3.8) is 0 Å². The van der Waals surface area contributed by atoms with E-state index < -0.39 is 6.10 Å². The Morgan fingerprint density at radius 1 is 0.960 bits per heavy atom. The number of anilines is 2. The van der Waals surface area contributed by atoms with Gasteiger partial charge in [0, 0.05) is 97.8 Å². The number of thiazole rings is 1. The molecule has 1 saturated carbocycles. The van der Waals surface area contributed by atoms with Crippen molar-refractivity contribution in [2.24, 2.45) is 11.3 Å². The van der Waals surface area contributed by atoms with E-state index in [1.165, 1.54) is 52.9 Å². The zero-order chi connectivity index (χ0) is 51.8. The summed E-state index contributed by atoms with van der Waals surface area (Å²) in [6, 6.07) is 20.1. The Morgan fingerprint density at radius 3 is 2.40 bits per heavy atom. The van der Waals surface area contributed by atoms with Gasteiger partial charge in [0.15, 0.2) is 17.2 Å². The van der Waals surface area contributed by atoms with E-state index in [1.807, 2.05) is 68.7 Å². The number of aliphatic hydroxyl groups excluding tert-OH is 1. The Labute approximate surface area is 441 Å². The molecular formula is C57H68N12O5S. The van der Waals surface area contributed by atoms with Crippen LogP contribution in [0.3, 0.4) is 0 Å². The molecule has 5 aromatic heterocycles. The van der Waals surface area contributed by atoms with Crippen LogP contribution in [0.25, 0.3) is 32.7 Å². The first kappa shape index (κ1) is 50.4. The average Bonchev–Trinajstić information content (AvgIpc) is 4.26. The number of hydrogen-bond donors (Lipinski definition) is 4. The van der Waals surface area contributed by atoms with Gasteiger partial charge in [-0.1, -0.05) is 55.4 Å². The maximum absolute atomic E-state index is 13.4. The summed E-state index contributed by atoms with van der Waals surface area (Å²) < 4.78 is 5.81. The lowest BCUT2D eigenvalue weighted by Gasteiger charge is -2.54. The fraction of sp³-hybridized carbons (Fsp3) is 0.474. The number of aromatic amines is 1. The number of aromatic hydroxyl groups is 1. The lowest BCUT2D eigenvalue weighted by molar-refractivity contribution is -0.133. The number of carbonyl (C=O) groups excluding carboxylic acids is 2. The van der Waals surface area contributed by atoms with Crippen LogP contribution in [0.2, 0.25) is 0 Å². The Hall–Kier alpha value is -6.76. The lowest BCUT2D eigenvalue weighted by Crippen LogP contribution is -2.59. The summed E-state index contributed by atoms with van der Waals surface area (Å²) >= 11 is 1.64. The van der Waals surface area contributed by atoms with Crippen molar-refractivity contribution in [3.8, 4) is 27.4 Å². The van der Waals surface area contributed by atoms with Gasteiger partial charge in [0.05, 0.1) is 33.9 Å². The molecule has 1 spiro atoms. The number of para-hydroxylation sites is 1. The second-order valence-corrected chi connectivity index (χ2v) is 22.7. The Balaban J connectivity index is 0.000000321. The summed E-state index contributed by atoms with van der Waals surface area (Å²) in [5, 5.41) is 37.4. The number of benzene rings is 2. The quantitative estimate of drug-likeness (QED) is 0.0847. The highest BCUT2D eigenvalue weighted by molar-refractivity contribution is 7.13. The number of nitrogens with zero attached hydrogens (tertiary/aromatic N) is 10. The van der Waals surface area contributed by atoms with Gasteiger partial charge in [0.25, 0.3) is 0 Å². The summed E-state index contributed by atoms with van der Waals surface area (Å²) in [6.45, 7) is 14.9. The first-order valence-electron chi connectivity index (χ1n) is 26.8. The molecule has 17 nitrogen and oxygen atoms in total. The number of phenols is 1. The predicted molar refractivity (Wildman–Crippen MR) is 289 cm³/mol. The molecular weight excluding hydrogens is 965 g/mol. The van der Waals surface area contributed by atoms with Crippen LogP contribution in [0, 0.1) is 18.3 Å². The Bertz CT molecular complexity index is 3100. The molecule has 2 amide bonds. The van der Waals surface area contributed by atoms with E-state index in [0.29, 0.717) is 66.9 Å². The fourth-order valence-electron chi connectivity index (χ4n) is 12.5. The minimum absolute atomic E-state index is 0.0281. The van der Waals surface area contributed by atoms with Crippen molar-refractivity contribution in [2.75, 3.05) is 55.6 Å². The average molecular weight is 1030 g/mol. The standard InChI is InChI=1S/C45H56N10O4.C12H12N2OS/c1-27(2)40(43(58)53-18-12-32(56)24-53)38-21-39(51-59-38)54-25-45(26-54)14-8-31(9-15-45)52-16-10-29(11-17-52)30-22-46-44(47-23-30)55-19-13-35-41(28(55)3)34-20-36(49-50-42(34)48-35)33-6-4-5-7-37(33)57;1-9-12(16-8-14-9)11-4-2-10(3-5-11)6-13-7-15/h4-7,20-23,27-29,31-32,40,56-57H,8-19,24-26H2,1-3H3,(H,48,50);2-5,7-8H,6H2,1H3,(H,13,15). The van der Waals surface area contributed by atoms with Crippen LogP contribution >= 0.6 is 11.3 Å². The van der Waals surface area contributed by atoms with Crippen LogP contribution in [-0.4, -0.2) is 126 Å². The maximum Gasteiger partial charge on any atom is 0.233 e. The Kier molecular flexibility index (Phi) is 14.4. The predicted octanol–water partition coefficient (Wildman–Crippen LogP) is 8.56. The number of H-pyrrole nitrogens is 1. The smallest absolute Gasteiger partial charge is 0.233 e. The number of amides is 2. The van der Waals surface area contributed by atoms with Crippen molar-refractivity contribution in [3.05, 3.63) is 112 Å². The van der Waals surface area contributed by atoms with E-state index in [4.69, 9.17) is 14.5 Å². The van der Waals surface area contributed by atoms with Gasteiger partial charge in [-0.3, -0.25) is 9.59 Å². The van der Waals surface area contributed by atoms with Crippen LogP contribution in [0.15, 0.2) is 83.1 Å². The summed E-state index contributed by atoms with van der Waals surface area (Å²) in [6.07, 6.45) is 13.1. The molecule has 392 valence electrons. The molecule has 4 N–H and O–H groups in total. The normalized spacial score (nSPS) is 20.5. The lowest BCUT2D eigenvalue weighted by atomic mass is 9.67. The number of likely N-dealkylation sites (tertiary alicyclic amines) is 2. The number of carbonyl (C=O) groups is 2. The van der Waals surface area contributed by atoms with E-state index in [1.54, 1.807) is 22.3 Å². The van der Waals surface area contributed by atoms with E-state index in [9.17, 15) is 19.8 Å². The summed E-state index contributed by atoms with van der Waals surface area (Å²) in [5.74, 6) is 2.62. The molecule has 75 heavy (non-hydrogen) atoms. The topological polar surface area (TPSA) is 206 Å². The number of fused-ring (bicyclic) bond motifs is 3. The van der Waals surface area contributed by atoms with E-state index in [0.717, 1.165) is 86.0 Å². The van der Waals surface area contributed by atoms with Gasteiger partial charge in [0.2, 0.25) is 18.3 Å². The highest BCUT2D eigenvalue weighted by Crippen LogP contribution is 2.48. The van der Waals surface area contributed by atoms with Gasteiger partial charge in [-0.05, 0) is 119 Å². The summed E-state index contributed by atoms with van der Waals surface area (Å²) in [4.78, 5) is 51.5. The largest absolute Gasteiger partial charge is 0.507 e. The van der Waals surface area contributed by atoms with Crippen LogP contribution in [0.5, 0.6) is 5.75 Å². The SMILES string of the molecule is CC(C)C(C(=O)N1CCC(O)C1)c1cc(N2CC3(CCC(N4CCC(c5cnc(N6CCc7[nH]c8nnc(-c9ccccc9O)cc8c7C6C)nc5)CC4)CC3)C2)no1.Cc1ncsc1-c1ccc(CNC=O)cc1. The number of aliphatic hydroxyl groups is 1. The fourth-order valence-corrected chi connectivity index (χ4v) is 13.3. The first-order chi connectivity index (χ1) is 36.4. The van der Waals surface area contributed by atoms with Gasteiger partial charge in [-0.2, -0.15) is 0 Å². The van der Waals surface area contributed by atoms with Gasteiger partial charge >= 0.3 is 0 Å². The number of phenolic OH excluding ortho intramolecular Hbond substituents is 1. The van der Waals surface area contributed by atoms with Crippen molar-refractivity contribution in [2.45, 2.75) is 116 Å². The minimum atomic E-state index is -0.436. The van der Waals surface area contributed by atoms with E-state index in [2.05, 4.69) is 76.8 Å². The molecule has 4 aliphatic heterocycles. The Morgan fingerprint density at radius 2 is 1.72 bits per heavy atom. The molecule has 12 rings (SSSR count). The van der Waals surface area contributed by atoms with Crippen molar-refractivity contribution in [1.29, 1.82) is 0 Å². The third-order valence-corrected chi connectivity index (χ3v) is 17.7. The third-order valence-electron chi connectivity index (χ3n) is 16.8. The first-order valence-corrected chi connectivity index (χ1v) is 27.7. The van der Waals surface area contributed by atoms with E-state index in [-0.39, 0.29) is 29.5 Å². The third kappa shape index (κ3) is 10.4. The molecule has 0 bridgehead atoms. The van der Waals surface area contributed by atoms with Crippen LogP contribution in [0.4, 0.5) is 11.8 Å². The molecule has 4 fully saturated rings. The van der Waals surface area contributed by atoms with Crippen molar-refractivity contribution >= 4 is 46.5 Å². The number of nitrogens with one attached hydrogen (secondary N) is 2. The number of aryl methyl sites for hydroxylation is 1. The molecule has 5 aliphatic rings. The molecule has 2 aromatic carbocycles. The second-order valence-electron chi connectivity index (χ2n) is 21.9. The van der Waals surface area contributed by atoms with Crippen LogP contribution in [0.1, 0.15) is 117 Å². The van der Waals surface area contributed by atoms with Gasteiger partial charge in [-0.15, -0.1) is 21.5 Å². The molecule has 3 saturated heterocycles. The zero-order valence-electron chi connectivity index (χ0n) is 43.4. The summed E-state index contributed by atoms with van der Waals surface area (Å²) in [7, 11) is 0. The molecule has 0 radical (unpaired) electrons. The van der Waals surface area contributed by atoms with Gasteiger partial charge < -0.3 is 44.6 Å². The molecule has 3 atom stereocenters.